The molecule has 0 radical (unpaired) electrons. The Kier molecular flexibility index (Phi) is 4.95. The molecular formula is C20H23FN2O. The summed E-state index contributed by atoms with van der Waals surface area (Å²) in [7, 11) is 0. The van der Waals surface area contributed by atoms with E-state index in [-0.39, 0.29) is 17.8 Å². The van der Waals surface area contributed by atoms with Gasteiger partial charge >= 0.3 is 0 Å². The second-order valence-electron chi connectivity index (χ2n) is 6.53. The maximum absolute atomic E-state index is 13.4. The molecule has 1 aliphatic rings. The summed E-state index contributed by atoms with van der Waals surface area (Å²) in [6, 6.07) is 15.1. The summed E-state index contributed by atoms with van der Waals surface area (Å²) in [5, 5.41) is 0. The third-order valence-electron chi connectivity index (χ3n) is 4.63. The molecule has 0 aromatic heterocycles. The zero-order valence-corrected chi connectivity index (χ0v) is 14.2. The van der Waals surface area contributed by atoms with Gasteiger partial charge in [-0.1, -0.05) is 30.3 Å². The number of amides is 1. The van der Waals surface area contributed by atoms with E-state index < -0.39 is 0 Å². The molecule has 1 heterocycles. The van der Waals surface area contributed by atoms with Crippen LogP contribution in [-0.4, -0.2) is 41.4 Å². The molecule has 1 unspecified atom stereocenters. The number of hydrogen-bond acceptors (Lipinski definition) is 2. The molecule has 126 valence electrons. The maximum atomic E-state index is 13.4. The lowest BCUT2D eigenvalue weighted by atomic mass is 10.1. The minimum atomic E-state index is -0.271. The fourth-order valence-corrected chi connectivity index (χ4v) is 3.26. The van der Waals surface area contributed by atoms with E-state index in [0.717, 1.165) is 19.6 Å². The Morgan fingerprint density at radius 3 is 2.58 bits per heavy atom. The highest BCUT2D eigenvalue weighted by Gasteiger charge is 2.28. The Morgan fingerprint density at radius 1 is 1.17 bits per heavy atom. The van der Waals surface area contributed by atoms with Gasteiger partial charge in [-0.3, -0.25) is 9.69 Å². The number of benzene rings is 2. The Balaban J connectivity index is 1.64. The number of nitrogens with zero attached hydrogens (tertiary/aromatic N) is 2. The molecule has 3 nitrogen and oxygen atoms in total. The molecule has 24 heavy (non-hydrogen) atoms. The summed E-state index contributed by atoms with van der Waals surface area (Å²) in [6.45, 7) is 7.07. The SMILES string of the molecule is Cc1cc(C(=O)N2CCN(Cc3ccccc3)CC2C)ccc1F. The van der Waals surface area contributed by atoms with Gasteiger partial charge in [0, 0.05) is 37.8 Å². The summed E-state index contributed by atoms with van der Waals surface area (Å²) in [5.41, 5.74) is 2.37. The van der Waals surface area contributed by atoms with Gasteiger partial charge in [0.15, 0.2) is 0 Å². The van der Waals surface area contributed by atoms with Gasteiger partial charge < -0.3 is 4.90 Å². The predicted molar refractivity (Wildman–Crippen MR) is 93.4 cm³/mol. The van der Waals surface area contributed by atoms with E-state index >= 15 is 0 Å². The van der Waals surface area contributed by atoms with Gasteiger partial charge in [-0.2, -0.15) is 0 Å². The van der Waals surface area contributed by atoms with Crippen LogP contribution >= 0.6 is 0 Å². The van der Waals surface area contributed by atoms with Crippen molar-refractivity contribution in [1.29, 1.82) is 0 Å². The summed E-state index contributed by atoms with van der Waals surface area (Å²) in [6.07, 6.45) is 0. The quantitative estimate of drug-likeness (QED) is 0.862. The minimum Gasteiger partial charge on any atom is -0.333 e. The number of aryl methyl sites for hydroxylation is 1. The lowest BCUT2D eigenvalue weighted by Crippen LogP contribution is -2.53. The molecule has 0 spiro atoms. The van der Waals surface area contributed by atoms with Crippen molar-refractivity contribution in [2.24, 2.45) is 0 Å². The van der Waals surface area contributed by atoms with Gasteiger partial charge in [0.25, 0.3) is 5.91 Å². The number of hydrogen-bond donors (Lipinski definition) is 0. The maximum Gasteiger partial charge on any atom is 0.254 e. The highest BCUT2D eigenvalue weighted by molar-refractivity contribution is 5.94. The molecule has 3 rings (SSSR count). The van der Waals surface area contributed by atoms with Gasteiger partial charge in [0.05, 0.1) is 0 Å². The highest BCUT2D eigenvalue weighted by Crippen LogP contribution is 2.17. The van der Waals surface area contributed by atoms with Crippen molar-refractivity contribution in [3.05, 3.63) is 71.0 Å². The van der Waals surface area contributed by atoms with E-state index in [2.05, 4.69) is 36.1 Å². The minimum absolute atomic E-state index is 0.00930. The molecule has 0 saturated carbocycles. The fourth-order valence-electron chi connectivity index (χ4n) is 3.26. The molecule has 2 aromatic rings. The Bertz CT molecular complexity index is 717. The average molecular weight is 326 g/mol. The molecule has 2 aromatic carbocycles. The average Bonchev–Trinajstić information content (AvgIpc) is 2.58. The first-order valence-electron chi connectivity index (χ1n) is 8.38. The number of piperazine rings is 1. The van der Waals surface area contributed by atoms with Crippen LogP contribution in [0.4, 0.5) is 4.39 Å². The summed E-state index contributed by atoms with van der Waals surface area (Å²) in [4.78, 5) is 17.0. The topological polar surface area (TPSA) is 23.6 Å². The molecule has 0 aliphatic carbocycles. The Labute approximate surface area is 142 Å². The van der Waals surface area contributed by atoms with E-state index in [1.165, 1.54) is 11.6 Å². The largest absolute Gasteiger partial charge is 0.333 e. The first-order chi connectivity index (χ1) is 11.5. The monoisotopic (exact) mass is 326 g/mol. The molecule has 1 fully saturated rings. The van der Waals surface area contributed by atoms with Gasteiger partial charge in [-0.05, 0) is 43.2 Å². The predicted octanol–water partition coefficient (Wildman–Crippen LogP) is 3.48. The van der Waals surface area contributed by atoms with Crippen molar-refractivity contribution in [2.75, 3.05) is 19.6 Å². The normalized spacial score (nSPS) is 18.6. The second-order valence-corrected chi connectivity index (χ2v) is 6.53. The van der Waals surface area contributed by atoms with E-state index in [1.54, 1.807) is 19.1 Å². The highest BCUT2D eigenvalue weighted by atomic mass is 19.1. The summed E-state index contributed by atoms with van der Waals surface area (Å²) >= 11 is 0. The molecule has 1 amide bonds. The van der Waals surface area contributed by atoms with Crippen molar-refractivity contribution in [2.45, 2.75) is 26.4 Å². The van der Waals surface area contributed by atoms with Gasteiger partial charge in [-0.25, -0.2) is 4.39 Å². The fraction of sp³-hybridized carbons (Fsp3) is 0.350. The van der Waals surface area contributed by atoms with Gasteiger partial charge in [0.1, 0.15) is 5.82 Å². The molecule has 1 saturated heterocycles. The number of rotatable bonds is 3. The second kappa shape index (κ2) is 7.14. The molecule has 1 aliphatic heterocycles. The third kappa shape index (κ3) is 3.65. The van der Waals surface area contributed by atoms with E-state index in [0.29, 0.717) is 17.7 Å². The lowest BCUT2D eigenvalue weighted by Gasteiger charge is -2.40. The van der Waals surface area contributed by atoms with Crippen LogP contribution in [0.2, 0.25) is 0 Å². The van der Waals surface area contributed by atoms with Crippen LogP contribution < -0.4 is 0 Å². The van der Waals surface area contributed by atoms with Crippen molar-refractivity contribution in [1.82, 2.24) is 9.80 Å². The van der Waals surface area contributed by atoms with Gasteiger partial charge in [-0.15, -0.1) is 0 Å². The Hall–Kier alpha value is -2.20. The van der Waals surface area contributed by atoms with Crippen LogP contribution in [0.5, 0.6) is 0 Å². The van der Waals surface area contributed by atoms with E-state index in [4.69, 9.17) is 0 Å². The van der Waals surface area contributed by atoms with Crippen LogP contribution in [0, 0.1) is 12.7 Å². The summed E-state index contributed by atoms with van der Waals surface area (Å²) < 4.78 is 13.4. The molecule has 1 atom stereocenters. The van der Waals surface area contributed by atoms with Crippen LogP contribution in [0.15, 0.2) is 48.5 Å². The first-order valence-corrected chi connectivity index (χ1v) is 8.38. The first kappa shape index (κ1) is 16.7. The standard InChI is InChI=1S/C20H23FN2O/c1-15-12-18(8-9-19(15)21)20(24)23-11-10-22(13-16(23)2)14-17-6-4-3-5-7-17/h3-9,12,16H,10-11,13-14H2,1-2H3. The van der Waals surface area contributed by atoms with Crippen molar-refractivity contribution in [3.8, 4) is 0 Å². The van der Waals surface area contributed by atoms with Crippen molar-refractivity contribution in [3.63, 3.8) is 0 Å². The van der Waals surface area contributed by atoms with E-state index in [1.807, 2.05) is 11.0 Å². The van der Waals surface area contributed by atoms with Crippen LogP contribution in [0.1, 0.15) is 28.4 Å². The van der Waals surface area contributed by atoms with E-state index in [9.17, 15) is 9.18 Å². The van der Waals surface area contributed by atoms with Crippen LogP contribution in [-0.2, 0) is 6.54 Å². The molecule has 0 N–H and O–H groups in total. The Morgan fingerprint density at radius 2 is 1.92 bits per heavy atom. The summed E-state index contributed by atoms with van der Waals surface area (Å²) in [5.74, 6) is -0.280. The molecular weight excluding hydrogens is 303 g/mol. The zero-order chi connectivity index (χ0) is 17.1. The smallest absolute Gasteiger partial charge is 0.254 e. The molecule has 4 heteroatoms. The number of carbonyl (C=O) groups is 1. The third-order valence-corrected chi connectivity index (χ3v) is 4.63. The molecule has 0 bridgehead atoms. The van der Waals surface area contributed by atoms with Crippen molar-refractivity contribution >= 4 is 5.91 Å². The lowest BCUT2D eigenvalue weighted by molar-refractivity contribution is 0.0475. The van der Waals surface area contributed by atoms with Crippen LogP contribution in [0.3, 0.4) is 0 Å². The number of halogens is 1. The zero-order valence-electron chi connectivity index (χ0n) is 14.2. The van der Waals surface area contributed by atoms with Crippen LogP contribution in [0.25, 0.3) is 0 Å². The number of carbonyl (C=O) groups excluding carboxylic acids is 1. The van der Waals surface area contributed by atoms with Gasteiger partial charge in [0.2, 0.25) is 0 Å². The van der Waals surface area contributed by atoms with Crippen molar-refractivity contribution < 1.29 is 9.18 Å².